The Bertz CT molecular complexity index is 969. The standard InChI is InChI=1S/C21H21FN4O2/c1-3-20(27)25-18(14-6-10-17(28-2)11-7-14)12-19(26-21(25)23-13-24-26)15-4-8-16(22)9-5-15/h4-11,13,18-19H,3,12H2,1-2H3. The van der Waals surface area contributed by atoms with E-state index in [1.54, 1.807) is 28.8 Å². The molecule has 2 unspecified atom stereocenters. The lowest BCUT2D eigenvalue weighted by molar-refractivity contribution is -0.119. The summed E-state index contributed by atoms with van der Waals surface area (Å²) in [5.41, 5.74) is 1.92. The molecule has 0 radical (unpaired) electrons. The molecule has 0 saturated carbocycles. The average molecular weight is 380 g/mol. The van der Waals surface area contributed by atoms with Gasteiger partial charge in [-0.05, 0) is 41.8 Å². The van der Waals surface area contributed by atoms with Gasteiger partial charge in [-0.25, -0.2) is 9.07 Å². The smallest absolute Gasteiger partial charge is 0.231 e. The number of hydrogen-bond donors (Lipinski definition) is 0. The lowest BCUT2D eigenvalue weighted by atomic mass is 9.91. The summed E-state index contributed by atoms with van der Waals surface area (Å²) in [4.78, 5) is 18.9. The highest BCUT2D eigenvalue weighted by atomic mass is 19.1. The maximum Gasteiger partial charge on any atom is 0.231 e. The molecule has 6 nitrogen and oxygen atoms in total. The van der Waals surface area contributed by atoms with Gasteiger partial charge in [0.25, 0.3) is 0 Å². The Morgan fingerprint density at radius 3 is 2.39 bits per heavy atom. The monoisotopic (exact) mass is 380 g/mol. The van der Waals surface area contributed by atoms with Gasteiger partial charge in [0.1, 0.15) is 17.9 Å². The van der Waals surface area contributed by atoms with Gasteiger partial charge in [0.2, 0.25) is 11.9 Å². The second-order valence-electron chi connectivity index (χ2n) is 6.71. The summed E-state index contributed by atoms with van der Waals surface area (Å²) in [6, 6.07) is 13.8. The predicted octanol–water partition coefficient (Wildman–Crippen LogP) is 3.90. The minimum absolute atomic E-state index is 0.0207. The van der Waals surface area contributed by atoms with E-state index in [0.717, 1.165) is 16.9 Å². The Balaban J connectivity index is 1.81. The van der Waals surface area contributed by atoms with Crippen molar-refractivity contribution in [3.05, 3.63) is 71.8 Å². The van der Waals surface area contributed by atoms with Crippen LogP contribution in [0, 0.1) is 5.82 Å². The molecule has 1 aliphatic heterocycles. The molecule has 2 atom stereocenters. The number of anilines is 1. The number of fused-ring (bicyclic) bond motifs is 1. The second kappa shape index (κ2) is 7.42. The molecule has 0 saturated heterocycles. The third kappa shape index (κ3) is 3.13. The number of benzene rings is 2. The Labute approximate surface area is 162 Å². The van der Waals surface area contributed by atoms with Crippen molar-refractivity contribution in [2.45, 2.75) is 31.8 Å². The van der Waals surface area contributed by atoms with Crippen molar-refractivity contribution in [1.29, 1.82) is 0 Å². The second-order valence-corrected chi connectivity index (χ2v) is 6.71. The first-order valence-corrected chi connectivity index (χ1v) is 9.23. The summed E-state index contributed by atoms with van der Waals surface area (Å²) in [7, 11) is 1.62. The quantitative estimate of drug-likeness (QED) is 0.689. The van der Waals surface area contributed by atoms with Gasteiger partial charge in [0.15, 0.2) is 0 Å². The van der Waals surface area contributed by atoms with Crippen LogP contribution in [0.25, 0.3) is 0 Å². The molecule has 1 amide bonds. The van der Waals surface area contributed by atoms with Crippen LogP contribution in [-0.4, -0.2) is 27.8 Å². The fourth-order valence-electron chi connectivity index (χ4n) is 3.72. The van der Waals surface area contributed by atoms with Crippen molar-refractivity contribution in [2.24, 2.45) is 0 Å². The SMILES string of the molecule is CCC(=O)N1c2ncnn2C(c2ccc(F)cc2)CC1c1ccc(OC)cc1. The van der Waals surface area contributed by atoms with Gasteiger partial charge >= 0.3 is 0 Å². The summed E-state index contributed by atoms with van der Waals surface area (Å²) in [6.07, 6.45) is 2.43. The summed E-state index contributed by atoms with van der Waals surface area (Å²) >= 11 is 0. The molecule has 1 aliphatic rings. The number of carbonyl (C=O) groups is 1. The fraction of sp³-hybridized carbons (Fsp3) is 0.286. The van der Waals surface area contributed by atoms with E-state index < -0.39 is 0 Å². The van der Waals surface area contributed by atoms with E-state index in [1.807, 2.05) is 31.2 Å². The first kappa shape index (κ1) is 18.2. The summed E-state index contributed by atoms with van der Waals surface area (Å²) in [5, 5.41) is 4.36. The van der Waals surface area contributed by atoms with Crippen LogP contribution in [0.2, 0.25) is 0 Å². The van der Waals surface area contributed by atoms with Crippen LogP contribution < -0.4 is 9.64 Å². The third-order valence-electron chi connectivity index (χ3n) is 5.15. The molecule has 4 rings (SSSR count). The van der Waals surface area contributed by atoms with Gasteiger partial charge in [-0.2, -0.15) is 10.1 Å². The average Bonchev–Trinajstić information content (AvgIpc) is 3.22. The van der Waals surface area contributed by atoms with E-state index in [4.69, 9.17) is 4.74 Å². The zero-order valence-corrected chi connectivity index (χ0v) is 15.7. The van der Waals surface area contributed by atoms with Crippen LogP contribution in [0.4, 0.5) is 10.3 Å². The van der Waals surface area contributed by atoms with Crippen LogP contribution in [-0.2, 0) is 4.79 Å². The minimum Gasteiger partial charge on any atom is -0.497 e. The van der Waals surface area contributed by atoms with Gasteiger partial charge in [-0.3, -0.25) is 9.69 Å². The molecule has 0 fully saturated rings. The molecule has 28 heavy (non-hydrogen) atoms. The molecule has 144 valence electrons. The number of hydrogen-bond acceptors (Lipinski definition) is 4. The fourth-order valence-corrected chi connectivity index (χ4v) is 3.72. The summed E-state index contributed by atoms with van der Waals surface area (Å²) in [6.45, 7) is 1.83. The van der Waals surface area contributed by atoms with E-state index in [0.29, 0.717) is 18.8 Å². The molecular weight excluding hydrogens is 359 g/mol. The number of aromatic nitrogens is 3. The highest BCUT2D eigenvalue weighted by molar-refractivity contribution is 5.92. The molecule has 0 spiro atoms. The Kier molecular flexibility index (Phi) is 4.81. The maximum atomic E-state index is 13.4. The molecule has 3 aromatic rings. The summed E-state index contributed by atoms with van der Waals surface area (Å²) < 4.78 is 20.4. The van der Waals surface area contributed by atoms with E-state index in [1.165, 1.54) is 18.5 Å². The molecule has 0 N–H and O–H groups in total. The van der Waals surface area contributed by atoms with E-state index in [2.05, 4.69) is 10.1 Å². The Hall–Kier alpha value is -3.22. The molecule has 7 heteroatoms. The van der Waals surface area contributed by atoms with Crippen molar-refractivity contribution in [3.63, 3.8) is 0 Å². The van der Waals surface area contributed by atoms with Crippen molar-refractivity contribution in [3.8, 4) is 5.75 Å². The molecular formula is C21H21FN4O2. The van der Waals surface area contributed by atoms with E-state index in [9.17, 15) is 9.18 Å². The predicted molar refractivity (Wildman–Crippen MR) is 103 cm³/mol. The molecule has 2 heterocycles. The number of halogens is 1. The number of ether oxygens (including phenoxy) is 1. The highest BCUT2D eigenvalue weighted by Gasteiger charge is 2.38. The van der Waals surface area contributed by atoms with Gasteiger partial charge in [-0.1, -0.05) is 31.2 Å². The summed E-state index contributed by atoms with van der Waals surface area (Å²) in [5.74, 6) is 0.958. The van der Waals surface area contributed by atoms with Gasteiger partial charge in [-0.15, -0.1) is 0 Å². The van der Waals surface area contributed by atoms with E-state index >= 15 is 0 Å². The molecule has 0 bridgehead atoms. The largest absolute Gasteiger partial charge is 0.497 e. The first-order valence-electron chi connectivity index (χ1n) is 9.23. The number of carbonyl (C=O) groups excluding carboxylic acids is 1. The van der Waals surface area contributed by atoms with Crippen molar-refractivity contribution >= 4 is 11.9 Å². The zero-order chi connectivity index (χ0) is 19.7. The van der Waals surface area contributed by atoms with Crippen molar-refractivity contribution < 1.29 is 13.9 Å². The van der Waals surface area contributed by atoms with Crippen LogP contribution >= 0.6 is 0 Å². The van der Waals surface area contributed by atoms with Crippen LogP contribution in [0.3, 0.4) is 0 Å². The van der Waals surface area contributed by atoms with Crippen LogP contribution in [0.1, 0.15) is 43.0 Å². The topological polar surface area (TPSA) is 60.2 Å². The van der Waals surface area contributed by atoms with Gasteiger partial charge in [0, 0.05) is 6.42 Å². The van der Waals surface area contributed by atoms with Crippen molar-refractivity contribution in [1.82, 2.24) is 14.8 Å². The number of rotatable bonds is 4. The first-order chi connectivity index (χ1) is 13.6. The van der Waals surface area contributed by atoms with E-state index in [-0.39, 0.29) is 23.8 Å². The van der Waals surface area contributed by atoms with Gasteiger partial charge in [0.05, 0.1) is 19.2 Å². The number of methoxy groups -OCH3 is 1. The highest BCUT2D eigenvalue weighted by Crippen LogP contribution is 2.42. The Morgan fingerprint density at radius 2 is 1.75 bits per heavy atom. The van der Waals surface area contributed by atoms with Gasteiger partial charge < -0.3 is 4.74 Å². The molecule has 0 aliphatic carbocycles. The number of nitrogens with zero attached hydrogens (tertiary/aromatic N) is 4. The zero-order valence-electron chi connectivity index (χ0n) is 15.7. The third-order valence-corrected chi connectivity index (χ3v) is 5.15. The Morgan fingerprint density at radius 1 is 1.11 bits per heavy atom. The molecule has 1 aromatic heterocycles. The maximum absolute atomic E-state index is 13.4. The van der Waals surface area contributed by atoms with Crippen LogP contribution in [0.5, 0.6) is 5.75 Å². The van der Waals surface area contributed by atoms with Crippen molar-refractivity contribution in [2.75, 3.05) is 12.0 Å². The number of amides is 1. The lowest BCUT2D eigenvalue weighted by Gasteiger charge is -2.39. The normalized spacial score (nSPS) is 18.6. The minimum atomic E-state index is -0.284. The van der Waals surface area contributed by atoms with Crippen LogP contribution in [0.15, 0.2) is 54.9 Å². The lowest BCUT2D eigenvalue weighted by Crippen LogP contribution is -2.42. The molecule has 2 aromatic carbocycles.